The lowest BCUT2D eigenvalue weighted by Crippen LogP contribution is -2.20. The molecular weight excluding hydrogens is 452 g/mol. The van der Waals surface area contributed by atoms with Crippen LogP contribution in [-0.2, 0) is 4.79 Å². The number of methoxy groups -OCH3 is 1. The van der Waals surface area contributed by atoms with Gasteiger partial charge in [0.2, 0.25) is 0 Å². The van der Waals surface area contributed by atoms with Gasteiger partial charge in [0.1, 0.15) is 23.4 Å². The first-order valence-corrected chi connectivity index (χ1v) is 10.8. The van der Waals surface area contributed by atoms with Crippen LogP contribution in [0.5, 0.6) is 11.5 Å². The number of aryl methyl sites for hydroxylation is 1. The lowest BCUT2D eigenvalue weighted by Gasteiger charge is -2.09. The number of nitriles is 1. The average Bonchev–Trinajstić information content (AvgIpc) is 3.26. The molecule has 0 aliphatic heterocycles. The van der Waals surface area contributed by atoms with Crippen molar-refractivity contribution in [3.05, 3.63) is 82.6 Å². The van der Waals surface area contributed by atoms with Gasteiger partial charge in [0.05, 0.1) is 28.7 Å². The molecule has 0 radical (unpaired) electrons. The number of anilines is 1. The number of carbonyl (C=O) groups excluding carboxylic acids is 1. The summed E-state index contributed by atoms with van der Waals surface area (Å²) in [5, 5.41) is 12.8. The summed E-state index contributed by atoms with van der Waals surface area (Å²) in [5.41, 5.74) is 4.33. The van der Waals surface area contributed by atoms with E-state index >= 15 is 0 Å². The molecule has 0 aliphatic rings. The Kier molecular flexibility index (Phi) is 6.81. The second kappa shape index (κ2) is 10.1. The molecule has 0 atom stereocenters. The number of aromatic amines is 1. The minimum Gasteiger partial charge on any atom is -0.497 e. The molecular formula is C26H21ClN4O3. The fourth-order valence-corrected chi connectivity index (χ4v) is 3.51. The van der Waals surface area contributed by atoms with Crippen LogP contribution >= 0.6 is 11.6 Å². The number of nitrogens with one attached hydrogen (secondary N) is 2. The summed E-state index contributed by atoms with van der Waals surface area (Å²) >= 11 is 6.35. The quantitative estimate of drug-likeness (QED) is 0.340. The van der Waals surface area contributed by atoms with E-state index in [0.717, 1.165) is 16.6 Å². The molecule has 0 saturated carbocycles. The molecule has 0 bridgehead atoms. The van der Waals surface area contributed by atoms with Crippen molar-refractivity contribution >= 4 is 45.9 Å². The molecule has 7 nitrogen and oxygen atoms in total. The number of hydrogen-bond acceptors (Lipinski definition) is 5. The van der Waals surface area contributed by atoms with Crippen molar-refractivity contribution in [3.63, 3.8) is 0 Å². The zero-order chi connectivity index (χ0) is 24.1. The Hall–Kier alpha value is -4.28. The maximum absolute atomic E-state index is 12.2. The fraction of sp³-hybridized carbons (Fsp3) is 0.115. The van der Waals surface area contributed by atoms with E-state index in [4.69, 9.17) is 21.1 Å². The normalized spacial score (nSPS) is 11.2. The summed E-state index contributed by atoms with van der Waals surface area (Å²) in [6.07, 6.45) is 1.68. The number of hydrogen-bond donors (Lipinski definition) is 2. The first-order chi connectivity index (χ1) is 16.4. The van der Waals surface area contributed by atoms with Gasteiger partial charge in [-0.2, -0.15) is 5.26 Å². The molecule has 1 amide bonds. The average molecular weight is 473 g/mol. The number of nitrogens with zero attached hydrogens (tertiary/aromatic N) is 2. The second-order valence-corrected chi connectivity index (χ2v) is 7.94. The zero-order valence-corrected chi connectivity index (χ0v) is 19.3. The molecule has 34 heavy (non-hydrogen) atoms. The van der Waals surface area contributed by atoms with Gasteiger partial charge in [-0.15, -0.1) is 0 Å². The fourth-order valence-electron chi connectivity index (χ4n) is 3.26. The van der Waals surface area contributed by atoms with E-state index in [-0.39, 0.29) is 12.5 Å². The summed E-state index contributed by atoms with van der Waals surface area (Å²) in [5.74, 6) is 1.21. The van der Waals surface area contributed by atoms with Crippen LogP contribution in [0.25, 0.3) is 22.7 Å². The number of ether oxygens (including phenoxy) is 2. The van der Waals surface area contributed by atoms with Gasteiger partial charge in [-0.25, -0.2) is 4.98 Å². The molecule has 4 rings (SSSR count). The highest BCUT2D eigenvalue weighted by molar-refractivity contribution is 6.32. The van der Waals surface area contributed by atoms with Crippen molar-refractivity contribution in [1.82, 2.24) is 9.97 Å². The third kappa shape index (κ3) is 5.37. The Labute approximate surface area is 201 Å². The van der Waals surface area contributed by atoms with Crippen molar-refractivity contribution in [2.45, 2.75) is 6.92 Å². The van der Waals surface area contributed by atoms with Crippen LogP contribution in [0.3, 0.4) is 0 Å². The Balaban J connectivity index is 1.45. The largest absolute Gasteiger partial charge is 0.497 e. The predicted octanol–water partition coefficient (Wildman–Crippen LogP) is 5.62. The van der Waals surface area contributed by atoms with Crippen LogP contribution in [-0.4, -0.2) is 29.6 Å². The lowest BCUT2D eigenvalue weighted by atomic mass is 10.1. The van der Waals surface area contributed by atoms with Gasteiger partial charge in [-0.3, -0.25) is 4.79 Å². The van der Waals surface area contributed by atoms with E-state index in [1.165, 1.54) is 0 Å². The van der Waals surface area contributed by atoms with Crippen LogP contribution in [0.2, 0.25) is 5.02 Å². The Morgan fingerprint density at radius 2 is 1.97 bits per heavy atom. The summed E-state index contributed by atoms with van der Waals surface area (Å²) in [6.45, 7) is 1.79. The highest BCUT2D eigenvalue weighted by Gasteiger charge is 2.11. The number of rotatable bonds is 7. The molecule has 2 N–H and O–H groups in total. The van der Waals surface area contributed by atoms with Crippen molar-refractivity contribution < 1.29 is 14.3 Å². The van der Waals surface area contributed by atoms with Crippen LogP contribution < -0.4 is 14.8 Å². The SMILES string of the molecule is COc1ccc2nc(/C(C#N)=C/c3ccc(OCC(=O)Nc4ccc(C)cc4)c(Cl)c3)[nH]c2c1. The Morgan fingerprint density at radius 3 is 2.68 bits per heavy atom. The molecule has 0 aliphatic carbocycles. The van der Waals surface area contributed by atoms with Crippen LogP contribution in [0.15, 0.2) is 60.7 Å². The van der Waals surface area contributed by atoms with Crippen molar-refractivity contribution in [2.75, 3.05) is 19.0 Å². The summed E-state index contributed by atoms with van der Waals surface area (Å²) in [4.78, 5) is 19.8. The van der Waals surface area contributed by atoms with Gasteiger partial charge in [-0.1, -0.05) is 35.4 Å². The van der Waals surface area contributed by atoms with Gasteiger partial charge in [0, 0.05) is 11.8 Å². The van der Waals surface area contributed by atoms with E-state index in [0.29, 0.717) is 39.2 Å². The highest BCUT2D eigenvalue weighted by Crippen LogP contribution is 2.28. The number of H-pyrrole nitrogens is 1. The third-order valence-corrected chi connectivity index (χ3v) is 5.32. The molecule has 3 aromatic carbocycles. The van der Waals surface area contributed by atoms with E-state index in [1.807, 2.05) is 49.4 Å². The molecule has 170 valence electrons. The van der Waals surface area contributed by atoms with E-state index < -0.39 is 0 Å². The van der Waals surface area contributed by atoms with Gasteiger partial charge in [0.25, 0.3) is 5.91 Å². The van der Waals surface area contributed by atoms with Gasteiger partial charge in [-0.05, 0) is 55.0 Å². The number of carbonyl (C=O) groups is 1. The molecule has 1 aromatic heterocycles. The number of benzene rings is 3. The van der Waals surface area contributed by atoms with E-state index in [1.54, 1.807) is 31.4 Å². The van der Waals surface area contributed by atoms with E-state index in [2.05, 4.69) is 21.4 Å². The standard InChI is InChI=1S/C26H21ClN4O3/c1-16-3-6-19(7-4-16)29-25(32)15-34-24-10-5-17(12-21(24)27)11-18(14-28)26-30-22-9-8-20(33-2)13-23(22)31-26/h3-13H,15H2,1-2H3,(H,29,32)(H,30,31)/b18-11+. The molecule has 0 unspecified atom stereocenters. The smallest absolute Gasteiger partial charge is 0.262 e. The van der Waals surface area contributed by atoms with Gasteiger partial charge >= 0.3 is 0 Å². The third-order valence-electron chi connectivity index (χ3n) is 5.03. The summed E-state index contributed by atoms with van der Waals surface area (Å²) in [7, 11) is 1.59. The van der Waals surface area contributed by atoms with Crippen LogP contribution in [0, 0.1) is 18.3 Å². The second-order valence-electron chi connectivity index (χ2n) is 7.53. The summed E-state index contributed by atoms with van der Waals surface area (Å²) in [6, 6.07) is 20.2. The minimum absolute atomic E-state index is 0.186. The Morgan fingerprint density at radius 1 is 1.18 bits per heavy atom. The predicted molar refractivity (Wildman–Crippen MR) is 133 cm³/mol. The number of amides is 1. The van der Waals surface area contributed by atoms with Crippen LogP contribution in [0.4, 0.5) is 5.69 Å². The monoisotopic (exact) mass is 472 g/mol. The number of allylic oxidation sites excluding steroid dienone is 1. The first-order valence-electron chi connectivity index (χ1n) is 10.4. The number of fused-ring (bicyclic) bond motifs is 1. The molecule has 8 heteroatoms. The van der Waals surface area contributed by atoms with E-state index in [9.17, 15) is 10.1 Å². The molecule has 0 saturated heterocycles. The maximum atomic E-state index is 12.2. The molecule has 1 heterocycles. The van der Waals surface area contributed by atoms with Crippen molar-refractivity contribution in [3.8, 4) is 17.6 Å². The van der Waals surface area contributed by atoms with Gasteiger partial charge in [0.15, 0.2) is 6.61 Å². The first kappa shape index (κ1) is 22.9. The number of aromatic nitrogens is 2. The molecule has 4 aromatic rings. The van der Waals surface area contributed by atoms with Gasteiger partial charge < -0.3 is 19.8 Å². The maximum Gasteiger partial charge on any atom is 0.262 e. The molecule has 0 fully saturated rings. The summed E-state index contributed by atoms with van der Waals surface area (Å²) < 4.78 is 10.8. The topological polar surface area (TPSA) is 100 Å². The van der Waals surface area contributed by atoms with Crippen molar-refractivity contribution in [2.24, 2.45) is 0 Å². The number of halogens is 1. The van der Waals surface area contributed by atoms with Crippen LogP contribution in [0.1, 0.15) is 17.0 Å². The highest BCUT2D eigenvalue weighted by atomic mass is 35.5. The zero-order valence-electron chi connectivity index (χ0n) is 18.6. The molecule has 0 spiro atoms. The minimum atomic E-state index is -0.294. The lowest BCUT2D eigenvalue weighted by molar-refractivity contribution is -0.118. The Bertz CT molecular complexity index is 1420. The number of imidazole rings is 1. The van der Waals surface area contributed by atoms with Crippen molar-refractivity contribution in [1.29, 1.82) is 5.26 Å².